The largest absolute Gasteiger partial charge is 0.507 e. The number of carbonyl (C=O) groups excluding carboxylic acids is 2. The van der Waals surface area contributed by atoms with Crippen molar-refractivity contribution in [1.29, 1.82) is 0 Å². The van der Waals surface area contributed by atoms with Gasteiger partial charge in [-0.3, -0.25) is 24.2 Å². The molecular weight excluding hydrogens is 410 g/mol. The molecule has 2 fully saturated rings. The average molecular weight is 440 g/mol. The number of morpholine rings is 1. The summed E-state index contributed by atoms with van der Waals surface area (Å²) in [6, 6.07) is 4.64. The highest BCUT2D eigenvalue weighted by molar-refractivity contribution is 6.46. The topological polar surface area (TPSA) is 101 Å². The zero-order chi connectivity index (χ0) is 22.8. The van der Waals surface area contributed by atoms with Gasteiger partial charge in [0.15, 0.2) is 0 Å². The van der Waals surface area contributed by atoms with Crippen LogP contribution in [-0.4, -0.2) is 80.8 Å². The molecule has 2 aromatic rings. The molecule has 0 aliphatic carbocycles. The van der Waals surface area contributed by atoms with Crippen molar-refractivity contribution in [3.63, 3.8) is 0 Å². The van der Waals surface area contributed by atoms with E-state index >= 15 is 0 Å². The van der Waals surface area contributed by atoms with E-state index in [1.54, 1.807) is 37.0 Å². The number of hydrogen-bond acceptors (Lipinski definition) is 7. The van der Waals surface area contributed by atoms with Crippen LogP contribution >= 0.6 is 0 Å². The van der Waals surface area contributed by atoms with Gasteiger partial charge < -0.3 is 14.7 Å². The van der Waals surface area contributed by atoms with Crippen molar-refractivity contribution < 1.29 is 19.4 Å². The normalized spacial score (nSPS) is 21.5. The summed E-state index contributed by atoms with van der Waals surface area (Å²) in [6.45, 7) is 7.95. The van der Waals surface area contributed by atoms with Crippen molar-refractivity contribution in [2.45, 2.75) is 26.3 Å². The third kappa shape index (κ3) is 4.05. The number of aromatic nitrogens is 3. The molecular formula is C23H29N5O4. The van der Waals surface area contributed by atoms with Gasteiger partial charge in [-0.1, -0.05) is 6.07 Å². The third-order valence-corrected chi connectivity index (χ3v) is 6.23. The van der Waals surface area contributed by atoms with Gasteiger partial charge in [-0.2, -0.15) is 5.10 Å². The highest BCUT2D eigenvalue weighted by atomic mass is 16.5. The molecule has 0 radical (unpaired) electrons. The van der Waals surface area contributed by atoms with Crippen LogP contribution in [0.3, 0.4) is 0 Å². The molecule has 1 amide bonds. The van der Waals surface area contributed by atoms with E-state index in [1.165, 1.54) is 4.90 Å². The first-order valence-electron chi connectivity index (χ1n) is 10.9. The monoisotopic (exact) mass is 439 g/mol. The zero-order valence-electron chi connectivity index (χ0n) is 18.7. The Bertz CT molecular complexity index is 1040. The molecule has 9 heteroatoms. The summed E-state index contributed by atoms with van der Waals surface area (Å²) in [7, 11) is 1.78. The summed E-state index contributed by atoms with van der Waals surface area (Å²) in [5, 5.41) is 15.6. The fourth-order valence-electron chi connectivity index (χ4n) is 4.50. The number of rotatable bonds is 6. The number of aryl methyl sites for hydroxylation is 2. The van der Waals surface area contributed by atoms with E-state index in [1.807, 2.05) is 13.0 Å². The first kappa shape index (κ1) is 22.2. The molecule has 32 heavy (non-hydrogen) atoms. The van der Waals surface area contributed by atoms with Gasteiger partial charge in [0.05, 0.1) is 35.7 Å². The van der Waals surface area contributed by atoms with Gasteiger partial charge >= 0.3 is 0 Å². The van der Waals surface area contributed by atoms with Crippen LogP contribution in [-0.2, 0) is 21.4 Å². The first-order chi connectivity index (χ1) is 15.4. The Kier molecular flexibility index (Phi) is 6.38. The minimum atomic E-state index is -0.736. The van der Waals surface area contributed by atoms with E-state index in [2.05, 4.69) is 15.0 Å². The lowest BCUT2D eigenvalue weighted by Gasteiger charge is -2.28. The summed E-state index contributed by atoms with van der Waals surface area (Å²) >= 11 is 0. The van der Waals surface area contributed by atoms with Crippen LogP contribution in [0.5, 0.6) is 0 Å². The minimum absolute atomic E-state index is 0.0688. The molecule has 4 heterocycles. The molecule has 0 saturated carbocycles. The van der Waals surface area contributed by atoms with Crippen LogP contribution in [0, 0.1) is 13.8 Å². The lowest BCUT2D eigenvalue weighted by atomic mass is 9.97. The lowest BCUT2D eigenvalue weighted by molar-refractivity contribution is -0.140. The zero-order valence-corrected chi connectivity index (χ0v) is 18.7. The van der Waals surface area contributed by atoms with Gasteiger partial charge in [0.1, 0.15) is 11.8 Å². The molecule has 2 aliphatic heterocycles. The van der Waals surface area contributed by atoms with Crippen molar-refractivity contribution in [2.75, 3.05) is 39.4 Å². The Hall–Kier alpha value is -3.04. The van der Waals surface area contributed by atoms with E-state index in [-0.39, 0.29) is 11.3 Å². The van der Waals surface area contributed by atoms with Gasteiger partial charge in [-0.15, -0.1) is 0 Å². The molecule has 0 unspecified atom stereocenters. The average Bonchev–Trinajstić information content (AvgIpc) is 3.20. The molecule has 170 valence electrons. The van der Waals surface area contributed by atoms with Crippen LogP contribution in [0.25, 0.3) is 5.76 Å². The highest BCUT2D eigenvalue weighted by Crippen LogP contribution is 2.39. The second kappa shape index (κ2) is 9.22. The molecule has 0 bridgehead atoms. The second-order valence-electron chi connectivity index (χ2n) is 8.22. The van der Waals surface area contributed by atoms with E-state index < -0.39 is 17.7 Å². The molecule has 2 aliphatic rings. The Balaban J connectivity index is 1.69. The maximum atomic E-state index is 13.1. The summed E-state index contributed by atoms with van der Waals surface area (Å²) in [4.78, 5) is 34.4. The standard InChI is InChI=1S/C23H29N5O4/c1-15-18(16(2)26(3)25-15)21(29)19-20(17-7-4-5-8-24-17)28(23(31)22(19)30)10-6-9-27-11-13-32-14-12-27/h4-5,7-8,20,29H,6,9-14H2,1-3H3/b21-19+/t20-/m0/s1. The van der Waals surface area contributed by atoms with Crippen molar-refractivity contribution in [2.24, 2.45) is 7.05 Å². The Morgan fingerprint density at radius 2 is 1.94 bits per heavy atom. The van der Waals surface area contributed by atoms with Crippen molar-refractivity contribution in [1.82, 2.24) is 24.6 Å². The van der Waals surface area contributed by atoms with Gasteiger partial charge in [0, 0.05) is 45.1 Å². The molecule has 9 nitrogen and oxygen atoms in total. The highest BCUT2D eigenvalue weighted by Gasteiger charge is 2.47. The van der Waals surface area contributed by atoms with E-state index in [4.69, 9.17) is 4.74 Å². The number of amides is 1. The van der Waals surface area contributed by atoms with Gasteiger partial charge in [0.2, 0.25) is 0 Å². The maximum absolute atomic E-state index is 13.1. The number of Topliss-reactive ketones (excluding diaryl/α,β-unsaturated/α-hetero) is 1. The maximum Gasteiger partial charge on any atom is 0.295 e. The Labute approximate surface area is 187 Å². The molecule has 4 rings (SSSR count). The molecule has 0 spiro atoms. The van der Waals surface area contributed by atoms with E-state index in [0.29, 0.717) is 43.1 Å². The Morgan fingerprint density at radius 1 is 1.19 bits per heavy atom. The number of ether oxygens (including phenoxy) is 1. The van der Waals surface area contributed by atoms with Gasteiger partial charge in [-0.05, 0) is 32.4 Å². The molecule has 2 aromatic heterocycles. The summed E-state index contributed by atoms with van der Waals surface area (Å²) in [6.07, 6.45) is 2.34. The predicted molar refractivity (Wildman–Crippen MR) is 118 cm³/mol. The van der Waals surface area contributed by atoms with Crippen molar-refractivity contribution in [3.8, 4) is 0 Å². The minimum Gasteiger partial charge on any atom is -0.507 e. The Morgan fingerprint density at radius 3 is 2.56 bits per heavy atom. The van der Waals surface area contributed by atoms with Gasteiger partial charge in [-0.25, -0.2) is 0 Å². The van der Waals surface area contributed by atoms with Crippen LogP contribution in [0.1, 0.15) is 35.1 Å². The predicted octanol–water partition coefficient (Wildman–Crippen LogP) is 1.58. The fraction of sp³-hybridized carbons (Fsp3) is 0.478. The number of aliphatic hydroxyl groups is 1. The van der Waals surface area contributed by atoms with Gasteiger partial charge in [0.25, 0.3) is 11.7 Å². The van der Waals surface area contributed by atoms with Crippen LogP contribution in [0.2, 0.25) is 0 Å². The smallest absolute Gasteiger partial charge is 0.295 e. The second-order valence-corrected chi connectivity index (χ2v) is 8.22. The van der Waals surface area contributed by atoms with E-state index in [9.17, 15) is 14.7 Å². The number of nitrogens with zero attached hydrogens (tertiary/aromatic N) is 5. The number of ketones is 1. The molecule has 1 atom stereocenters. The summed E-state index contributed by atoms with van der Waals surface area (Å²) < 4.78 is 7.04. The number of aliphatic hydroxyl groups excluding tert-OH is 1. The van der Waals surface area contributed by atoms with Crippen LogP contribution in [0.4, 0.5) is 0 Å². The number of likely N-dealkylation sites (tertiary alicyclic amines) is 1. The number of carbonyl (C=O) groups is 2. The van der Waals surface area contributed by atoms with E-state index in [0.717, 1.165) is 25.3 Å². The molecule has 0 aromatic carbocycles. The fourth-order valence-corrected chi connectivity index (χ4v) is 4.50. The number of hydrogen-bond donors (Lipinski definition) is 1. The number of pyridine rings is 1. The quantitative estimate of drug-likeness (QED) is 0.414. The van der Waals surface area contributed by atoms with Crippen molar-refractivity contribution >= 4 is 17.4 Å². The van der Waals surface area contributed by atoms with Crippen LogP contribution < -0.4 is 0 Å². The SMILES string of the molecule is Cc1nn(C)c(C)c1/C(O)=C1\C(=O)C(=O)N(CCCN2CCOCC2)[C@H]1c1ccccn1. The summed E-state index contributed by atoms with van der Waals surface area (Å²) in [5.41, 5.74) is 2.43. The molecule has 1 N–H and O–H groups in total. The van der Waals surface area contributed by atoms with Crippen LogP contribution in [0.15, 0.2) is 30.0 Å². The molecule has 2 saturated heterocycles. The van der Waals surface area contributed by atoms with Crippen molar-refractivity contribution in [3.05, 3.63) is 52.6 Å². The third-order valence-electron chi connectivity index (χ3n) is 6.23. The first-order valence-corrected chi connectivity index (χ1v) is 10.9. The lowest BCUT2D eigenvalue weighted by Crippen LogP contribution is -2.39. The summed E-state index contributed by atoms with van der Waals surface area (Å²) in [5.74, 6) is -1.49.